The number of carbonyl (C=O) groups excluding carboxylic acids is 1. The van der Waals surface area contributed by atoms with Gasteiger partial charge in [-0.2, -0.15) is 0 Å². The van der Waals surface area contributed by atoms with Gasteiger partial charge in [-0.05, 0) is 31.9 Å². The molecular weight excluding hydrogens is 214 g/mol. The van der Waals surface area contributed by atoms with Crippen molar-refractivity contribution >= 4 is 17.5 Å². The van der Waals surface area contributed by atoms with E-state index in [2.05, 4.69) is 5.32 Å². The van der Waals surface area contributed by atoms with Crippen LogP contribution in [0, 0.1) is 12.8 Å². The summed E-state index contributed by atoms with van der Waals surface area (Å²) in [6.07, 6.45) is 0. The number of furan rings is 1. The van der Waals surface area contributed by atoms with Crippen molar-refractivity contribution in [2.24, 2.45) is 5.92 Å². The third-order valence-electron chi connectivity index (χ3n) is 2.42. The second-order valence-corrected chi connectivity index (χ2v) is 4.11. The first-order valence-electron chi connectivity index (χ1n) is 4.98. The van der Waals surface area contributed by atoms with Crippen molar-refractivity contribution in [3.63, 3.8) is 0 Å². The van der Waals surface area contributed by atoms with Gasteiger partial charge in [-0.25, -0.2) is 0 Å². The van der Waals surface area contributed by atoms with E-state index in [9.17, 15) is 4.79 Å². The highest BCUT2D eigenvalue weighted by molar-refractivity contribution is 6.18. The van der Waals surface area contributed by atoms with Crippen LogP contribution in [-0.4, -0.2) is 17.8 Å². The number of hydrogen-bond donors (Lipinski definition) is 1. The summed E-state index contributed by atoms with van der Waals surface area (Å²) in [5.74, 6) is 1.66. The molecule has 0 saturated heterocycles. The molecule has 2 atom stereocenters. The number of rotatable bonds is 4. The zero-order chi connectivity index (χ0) is 11.4. The third kappa shape index (κ3) is 3.27. The Hall–Kier alpha value is -0.960. The molecule has 1 aromatic heterocycles. The summed E-state index contributed by atoms with van der Waals surface area (Å²) in [6, 6.07) is 3.48. The van der Waals surface area contributed by atoms with Gasteiger partial charge in [0.05, 0.1) is 0 Å². The van der Waals surface area contributed by atoms with Crippen molar-refractivity contribution in [3.05, 3.63) is 23.7 Å². The Morgan fingerprint density at radius 2 is 2.20 bits per heavy atom. The fraction of sp³-hybridized carbons (Fsp3) is 0.545. The summed E-state index contributed by atoms with van der Waals surface area (Å²) >= 11 is 5.71. The van der Waals surface area contributed by atoms with Gasteiger partial charge in [-0.3, -0.25) is 4.79 Å². The molecule has 1 amide bonds. The van der Waals surface area contributed by atoms with E-state index in [0.29, 0.717) is 11.6 Å². The SMILES string of the molecule is Cc1ccc(C(=O)NC(C)C(C)CCl)o1. The quantitative estimate of drug-likeness (QED) is 0.807. The first kappa shape index (κ1) is 12.1. The summed E-state index contributed by atoms with van der Waals surface area (Å²) in [7, 11) is 0. The molecule has 3 nitrogen and oxygen atoms in total. The zero-order valence-electron chi connectivity index (χ0n) is 9.21. The van der Waals surface area contributed by atoms with Crippen LogP contribution in [0.5, 0.6) is 0 Å². The molecule has 0 aliphatic rings. The van der Waals surface area contributed by atoms with Gasteiger partial charge in [-0.1, -0.05) is 6.92 Å². The van der Waals surface area contributed by atoms with Crippen LogP contribution in [0.1, 0.15) is 30.2 Å². The van der Waals surface area contributed by atoms with Gasteiger partial charge in [0, 0.05) is 11.9 Å². The van der Waals surface area contributed by atoms with E-state index in [-0.39, 0.29) is 17.9 Å². The van der Waals surface area contributed by atoms with Crippen LogP contribution in [0.3, 0.4) is 0 Å². The summed E-state index contributed by atoms with van der Waals surface area (Å²) in [4.78, 5) is 11.6. The normalized spacial score (nSPS) is 14.7. The van der Waals surface area contributed by atoms with E-state index in [4.69, 9.17) is 16.0 Å². The fourth-order valence-electron chi connectivity index (χ4n) is 1.11. The minimum absolute atomic E-state index is 0.0420. The predicted octanol–water partition coefficient (Wildman–Crippen LogP) is 2.58. The van der Waals surface area contributed by atoms with E-state index in [1.807, 2.05) is 20.8 Å². The monoisotopic (exact) mass is 229 g/mol. The van der Waals surface area contributed by atoms with E-state index in [1.165, 1.54) is 0 Å². The van der Waals surface area contributed by atoms with Crippen molar-refractivity contribution in [2.45, 2.75) is 26.8 Å². The second-order valence-electron chi connectivity index (χ2n) is 3.80. The number of amides is 1. The molecule has 4 heteroatoms. The Labute approximate surface area is 94.8 Å². The molecule has 0 radical (unpaired) electrons. The number of carbonyl (C=O) groups is 1. The molecule has 1 rings (SSSR count). The molecule has 0 saturated carbocycles. The minimum atomic E-state index is -0.187. The second kappa shape index (κ2) is 5.21. The predicted molar refractivity (Wildman–Crippen MR) is 60.3 cm³/mol. The largest absolute Gasteiger partial charge is 0.456 e. The Morgan fingerprint density at radius 3 is 2.67 bits per heavy atom. The Morgan fingerprint density at radius 1 is 1.53 bits per heavy atom. The van der Waals surface area contributed by atoms with Crippen LogP contribution in [0.2, 0.25) is 0 Å². The molecule has 1 heterocycles. The number of halogens is 1. The number of aryl methyl sites for hydroxylation is 1. The van der Waals surface area contributed by atoms with Crippen LogP contribution in [0.15, 0.2) is 16.5 Å². The highest BCUT2D eigenvalue weighted by Gasteiger charge is 2.16. The van der Waals surface area contributed by atoms with Gasteiger partial charge in [0.1, 0.15) is 5.76 Å². The third-order valence-corrected chi connectivity index (χ3v) is 2.91. The molecule has 0 aliphatic carbocycles. The topological polar surface area (TPSA) is 42.2 Å². The van der Waals surface area contributed by atoms with Gasteiger partial charge >= 0.3 is 0 Å². The van der Waals surface area contributed by atoms with Crippen molar-refractivity contribution in [1.29, 1.82) is 0 Å². The maximum Gasteiger partial charge on any atom is 0.287 e. The lowest BCUT2D eigenvalue weighted by atomic mass is 10.1. The molecule has 0 bridgehead atoms. The molecule has 15 heavy (non-hydrogen) atoms. The summed E-state index contributed by atoms with van der Waals surface area (Å²) < 4.78 is 5.21. The van der Waals surface area contributed by atoms with E-state index >= 15 is 0 Å². The molecule has 2 unspecified atom stereocenters. The van der Waals surface area contributed by atoms with Crippen molar-refractivity contribution < 1.29 is 9.21 Å². The molecule has 1 N–H and O–H groups in total. The summed E-state index contributed by atoms with van der Waals surface area (Å²) in [5.41, 5.74) is 0. The van der Waals surface area contributed by atoms with Gasteiger partial charge in [-0.15, -0.1) is 11.6 Å². The van der Waals surface area contributed by atoms with Gasteiger partial charge in [0.25, 0.3) is 5.91 Å². The first-order valence-corrected chi connectivity index (χ1v) is 5.51. The average Bonchev–Trinajstić information content (AvgIpc) is 2.63. The lowest BCUT2D eigenvalue weighted by Crippen LogP contribution is -2.37. The highest BCUT2D eigenvalue weighted by atomic mass is 35.5. The van der Waals surface area contributed by atoms with E-state index in [0.717, 1.165) is 5.76 Å². The number of hydrogen-bond acceptors (Lipinski definition) is 2. The lowest BCUT2D eigenvalue weighted by molar-refractivity contribution is 0.0901. The van der Waals surface area contributed by atoms with Crippen LogP contribution in [-0.2, 0) is 0 Å². The molecule has 84 valence electrons. The van der Waals surface area contributed by atoms with Gasteiger partial charge < -0.3 is 9.73 Å². The Bertz CT molecular complexity index is 335. The van der Waals surface area contributed by atoms with Crippen LogP contribution in [0.25, 0.3) is 0 Å². The van der Waals surface area contributed by atoms with Crippen molar-refractivity contribution in [2.75, 3.05) is 5.88 Å². The van der Waals surface area contributed by atoms with Crippen LogP contribution in [0.4, 0.5) is 0 Å². The molecule has 0 fully saturated rings. The summed E-state index contributed by atoms with van der Waals surface area (Å²) in [6.45, 7) is 5.73. The average molecular weight is 230 g/mol. The number of nitrogens with one attached hydrogen (secondary N) is 1. The maximum absolute atomic E-state index is 11.6. The summed E-state index contributed by atoms with van der Waals surface area (Å²) in [5, 5.41) is 2.84. The number of alkyl halides is 1. The van der Waals surface area contributed by atoms with Crippen molar-refractivity contribution in [3.8, 4) is 0 Å². The lowest BCUT2D eigenvalue weighted by Gasteiger charge is -2.18. The van der Waals surface area contributed by atoms with Crippen LogP contribution < -0.4 is 5.32 Å². The minimum Gasteiger partial charge on any atom is -0.456 e. The standard InChI is InChI=1S/C11H16ClNO2/c1-7(6-12)9(3)13-11(14)10-5-4-8(2)15-10/h4-5,7,9H,6H2,1-3H3,(H,13,14). The Balaban J connectivity index is 2.56. The molecule has 0 spiro atoms. The Kier molecular flexibility index (Phi) is 4.21. The maximum atomic E-state index is 11.6. The molecule has 0 aliphatic heterocycles. The van der Waals surface area contributed by atoms with E-state index < -0.39 is 0 Å². The van der Waals surface area contributed by atoms with Crippen molar-refractivity contribution in [1.82, 2.24) is 5.32 Å². The van der Waals surface area contributed by atoms with Crippen LogP contribution >= 0.6 is 11.6 Å². The molecular formula is C11H16ClNO2. The highest BCUT2D eigenvalue weighted by Crippen LogP contribution is 2.09. The smallest absolute Gasteiger partial charge is 0.287 e. The van der Waals surface area contributed by atoms with Gasteiger partial charge in [0.2, 0.25) is 0 Å². The first-order chi connectivity index (χ1) is 7.04. The zero-order valence-corrected chi connectivity index (χ0v) is 9.97. The fourth-order valence-corrected chi connectivity index (χ4v) is 1.38. The van der Waals surface area contributed by atoms with E-state index in [1.54, 1.807) is 12.1 Å². The molecule has 0 aromatic carbocycles. The molecule has 1 aromatic rings. The van der Waals surface area contributed by atoms with Gasteiger partial charge in [0.15, 0.2) is 5.76 Å².